The van der Waals surface area contributed by atoms with Gasteiger partial charge in [-0.3, -0.25) is 14.3 Å². The number of amides is 2. The highest BCUT2D eigenvalue weighted by atomic mass is 16.2. The fourth-order valence-electron chi connectivity index (χ4n) is 3.13. The van der Waals surface area contributed by atoms with Crippen LogP contribution in [0, 0.1) is 6.92 Å². The van der Waals surface area contributed by atoms with Gasteiger partial charge in [0, 0.05) is 24.7 Å². The van der Waals surface area contributed by atoms with Crippen LogP contribution in [0.2, 0.25) is 0 Å². The monoisotopic (exact) mass is 340 g/mol. The lowest BCUT2D eigenvalue weighted by Gasteiger charge is -2.32. The van der Waals surface area contributed by atoms with Gasteiger partial charge in [0.15, 0.2) is 0 Å². The quantitative estimate of drug-likeness (QED) is 0.873. The van der Waals surface area contributed by atoms with Gasteiger partial charge in [0.1, 0.15) is 0 Å². The van der Waals surface area contributed by atoms with Crippen molar-refractivity contribution in [2.75, 3.05) is 0 Å². The fourth-order valence-corrected chi connectivity index (χ4v) is 3.13. The Bertz CT molecular complexity index is 751. The molecule has 0 bridgehead atoms. The minimum atomic E-state index is -0.233. The van der Waals surface area contributed by atoms with E-state index < -0.39 is 0 Å². The molecule has 2 amide bonds. The van der Waals surface area contributed by atoms with Gasteiger partial charge in [-0.2, -0.15) is 5.10 Å². The largest absolute Gasteiger partial charge is 0.351 e. The molecule has 132 valence electrons. The van der Waals surface area contributed by atoms with Crippen molar-refractivity contribution in [3.05, 3.63) is 53.3 Å². The third kappa shape index (κ3) is 4.26. The third-order valence-electron chi connectivity index (χ3n) is 4.57. The molecule has 1 saturated heterocycles. The average Bonchev–Trinajstić information content (AvgIpc) is 3.07. The van der Waals surface area contributed by atoms with Crippen molar-refractivity contribution in [1.82, 2.24) is 20.4 Å². The lowest BCUT2D eigenvalue weighted by atomic mass is 9.93. The summed E-state index contributed by atoms with van der Waals surface area (Å²) in [6.45, 7) is 4.80. The number of hydrogen-bond donors (Lipinski definition) is 2. The molecule has 1 aliphatic heterocycles. The summed E-state index contributed by atoms with van der Waals surface area (Å²) in [6.07, 6.45) is 5.08. The first-order chi connectivity index (χ1) is 12.0. The first kappa shape index (κ1) is 17.2. The highest BCUT2D eigenvalue weighted by molar-refractivity contribution is 5.81. The Morgan fingerprint density at radius 2 is 2.12 bits per heavy atom. The Morgan fingerprint density at radius 1 is 1.36 bits per heavy atom. The van der Waals surface area contributed by atoms with E-state index in [2.05, 4.69) is 15.7 Å². The lowest BCUT2D eigenvalue weighted by Crippen LogP contribution is -2.50. The highest BCUT2D eigenvalue weighted by Crippen LogP contribution is 2.24. The molecule has 0 unspecified atom stereocenters. The Balaban J connectivity index is 1.68. The van der Waals surface area contributed by atoms with E-state index in [1.54, 1.807) is 6.20 Å². The van der Waals surface area contributed by atoms with E-state index in [1.165, 1.54) is 5.56 Å². The Morgan fingerprint density at radius 3 is 2.80 bits per heavy atom. The summed E-state index contributed by atoms with van der Waals surface area (Å²) in [4.78, 5) is 24.3. The van der Waals surface area contributed by atoms with Gasteiger partial charge in [-0.1, -0.05) is 29.8 Å². The van der Waals surface area contributed by atoms with Crippen molar-refractivity contribution < 1.29 is 9.59 Å². The first-order valence-electron chi connectivity index (χ1n) is 8.71. The molecule has 2 heterocycles. The molecule has 1 aliphatic rings. The van der Waals surface area contributed by atoms with E-state index in [1.807, 2.05) is 49.0 Å². The molecular formula is C19H24N4O2. The SMILES string of the molecule is CCn1cc([C@@H]2NC(=O)CC[C@H]2NC(=O)Cc2ccc(C)cc2)cn1. The lowest BCUT2D eigenvalue weighted by molar-refractivity contribution is -0.126. The van der Waals surface area contributed by atoms with Crippen molar-refractivity contribution in [3.63, 3.8) is 0 Å². The molecule has 1 fully saturated rings. The van der Waals surface area contributed by atoms with E-state index in [0.29, 0.717) is 19.3 Å². The number of aromatic nitrogens is 2. The molecule has 6 heteroatoms. The Hall–Kier alpha value is -2.63. The van der Waals surface area contributed by atoms with Crippen LogP contribution in [0.3, 0.4) is 0 Å². The van der Waals surface area contributed by atoms with Gasteiger partial charge in [0.2, 0.25) is 11.8 Å². The molecule has 0 aliphatic carbocycles. The molecule has 2 N–H and O–H groups in total. The van der Waals surface area contributed by atoms with E-state index >= 15 is 0 Å². The maximum Gasteiger partial charge on any atom is 0.224 e. The molecule has 2 aromatic rings. The maximum atomic E-state index is 12.4. The summed E-state index contributed by atoms with van der Waals surface area (Å²) in [5.41, 5.74) is 3.08. The van der Waals surface area contributed by atoms with Crippen LogP contribution in [0.5, 0.6) is 0 Å². The zero-order valence-corrected chi connectivity index (χ0v) is 14.7. The molecule has 0 spiro atoms. The number of hydrogen-bond acceptors (Lipinski definition) is 3. The van der Waals surface area contributed by atoms with Gasteiger partial charge in [0.25, 0.3) is 0 Å². The van der Waals surface area contributed by atoms with Crippen molar-refractivity contribution in [3.8, 4) is 0 Å². The van der Waals surface area contributed by atoms with Gasteiger partial charge in [-0.25, -0.2) is 0 Å². The van der Waals surface area contributed by atoms with E-state index in [9.17, 15) is 9.59 Å². The molecule has 1 aromatic heterocycles. The summed E-state index contributed by atoms with van der Waals surface area (Å²) in [6, 6.07) is 7.60. The van der Waals surface area contributed by atoms with Crippen LogP contribution >= 0.6 is 0 Å². The number of piperidine rings is 1. The van der Waals surface area contributed by atoms with Crippen molar-refractivity contribution in [2.24, 2.45) is 0 Å². The van der Waals surface area contributed by atoms with Crippen LogP contribution < -0.4 is 10.6 Å². The number of nitrogens with zero attached hydrogens (tertiary/aromatic N) is 2. The van der Waals surface area contributed by atoms with Crippen LogP contribution in [-0.2, 0) is 22.6 Å². The van der Waals surface area contributed by atoms with Gasteiger partial charge < -0.3 is 10.6 Å². The number of nitrogens with one attached hydrogen (secondary N) is 2. The highest BCUT2D eigenvalue weighted by Gasteiger charge is 2.31. The Kier molecular flexibility index (Phi) is 5.16. The van der Waals surface area contributed by atoms with Crippen LogP contribution in [0.15, 0.2) is 36.7 Å². The standard InChI is InChI=1S/C19H24N4O2/c1-3-23-12-15(11-20-23)19-16(8-9-17(24)22-19)21-18(25)10-14-6-4-13(2)5-7-14/h4-7,11-12,16,19H,3,8-10H2,1-2H3,(H,21,25)(H,22,24)/t16-,19+/m1/s1. The number of carbonyl (C=O) groups excluding carboxylic acids is 2. The predicted octanol–water partition coefficient (Wildman–Crippen LogP) is 1.89. The Labute approximate surface area is 147 Å². The first-order valence-corrected chi connectivity index (χ1v) is 8.71. The average molecular weight is 340 g/mol. The second kappa shape index (κ2) is 7.51. The molecule has 25 heavy (non-hydrogen) atoms. The van der Waals surface area contributed by atoms with Crippen LogP contribution in [0.1, 0.15) is 42.5 Å². The zero-order chi connectivity index (χ0) is 17.8. The molecule has 3 rings (SSSR count). The van der Waals surface area contributed by atoms with Crippen LogP contribution in [0.25, 0.3) is 0 Å². The molecule has 1 aromatic carbocycles. The van der Waals surface area contributed by atoms with Crippen LogP contribution in [0.4, 0.5) is 0 Å². The van der Waals surface area contributed by atoms with Crippen molar-refractivity contribution >= 4 is 11.8 Å². The zero-order valence-electron chi connectivity index (χ0n) is 14.7. The smallest absolute Gasteiger partial charge is 0.224 e. The molecule has 6 nitrogen and oxygen atoms in total. The maximum absolute atomic E-state index is 12.4. The topological polar surface area (TPSA) is 76.0 Å². The molecule has 0 radical (unpaired) electrons. The molecular weight excluding hydrogens is 316 g/mol. The number of rotatable bonds is 5. The normalized spacial score (nSPS) is 20.2. The summed E-state index contributed by atoms with van der Waals surface area (Å²) < 4.78 is 1.82. The number of carbonyl (C=O) groups is 2. The van der Waals surface area contributed by atoms with Gasteiger partial charge in [0.05, 0.1) is 24.7 Å². The second-order valence-electron chi connectivity index (χ2n) is 6.55. The predicted molar refractivity (Wildman–Crippen MR) is 94.8 cm³/mol. The number of aryl methyl sites for hydroxylation is 2. The van der Waals surface area contributed by atoms with Gasteiger partial charge in [-0.05, 0) is 25.8 Å². The van der Waals surface area contributed by atoms with E-state index in [0.717, 1.165) is 17.7 Å². The minimum Gasteiger partial charge on any atom is -0.351 e. The van der Waals surface area contributed by atoms with Gasteiger partial charge in [-0.15, -0.1) is 0 Å². The summed E-state index contributed by atoms with van der Waals surface area (Å²) in [5, 5.41) is 10.4. The molecule has 0 saturated carbocycles. The minimum absolute atomic E-state index is 0.0123. The third-order valence-corrected chi connectivity index (χ3v) is 4.57. The summed E-state index contributed by atoms with van der Waals surface area (Å²) >= 11 is 0. The van der Waals surface area contributed by atoms with Gasteiger partial charge >= 0.3 is 0 Å². The van der Waals surface area contributed by atoms with Crippen molar-refractivity contribution in [2.45, 2.75) is 51.7 Å². The van der Waals surface area contributed by atoms with E-state index in [-0.39, 0.29) is 23.9 Å². The van der Waals surface area contributed by atoms with E-state index in [4.69, 9.17) is 0 Å². The van der Waals surface area contributed by atoms with Crippen molar-refractivity contribution in [1.29, 1.82) is 0 Å². The summed E-state index contributed by atoms with van der Waals surface area (Å²) in [7, 11) is 0. The van der Waals surface area contributed by atoms with Crippen LogP contribution in [-0.4, -0.2) is 27.6 Å². The fraction of sp³-hybridized carbons (Fsp3) is 0.421. The molecule has 2 atom stereocenters. The number of benzene rings is 1. The summed E-state index contributed by atoms with van der Waals surface area (Å²) in [5.74, 6) is -0.0174. The second-order valence-corrected chi connectivity index (χ2v) is 6.55.